The molecule has 0 atom stereocenters. The predicted octanol–water partition coefficient (Wildman–Crippen LogP) is 2.03. The van der Waals surface area contributed by atoms with Crippen LogP contribution < -0.4 is 5.32 Å². The molecule has 0 unspecified atom stereocenters. The molecule has 0 aliphatic carbocycles. The minimum absolute atomic E-state index is 0.0494. The average Bonchev–Trinajstić information content (AvgIpc) is 3.12. The molecule has 7 nitrogen and oxygen atoms in total. The zero-order chi connectivity index (χ0) is 18.7. The summed E-state index contributed by atoms with van der Waals surface area (Å²) in [6, 6.07) is 9.51. The number of nitrogens with one attached hydrogen (secondary N) is 1. The number of benzene rings is 1. The van der Waals surface area contributed by atoms with Crippen molar-refractivity contribution in [3.05, 3.63) is 42.2 Å². The number of carbonyl (C=O) groups is 2. The Bertz CT molecular complexity index is 771. The summed E-state index contributed by atoms with van der Waals surface area (Å²) in [6.07, 6.45) is 2.97. The van der Waals surface area contributed by atoms with Crippen LogP contribution in [0, 0.1) is 5.41 Å². The van der Waals surface area contributed by atoms with Crippen molar-refractivity contribution in [2.24, 2.45) is 5.41 Å². The number of likely N-dealkylation sites (tertiary alicyclic amines) is 1. The molecule has 26 heavy (non-hydrogen) atoms. The molecular weight excluding hydrogens is 330 g/mol. The third kappa shape index (κ3) is 4.09. The van der Waals surface area contributed by atoms with Crippen LogP contribution in [0.4, 0.5) is 0 Å². The summed E-state index contributed by atoms with van der Waals surface area (Å²) in [4.78, 5) is 28.1. The predicted molar refractivity (Wildman–Crippen MR) is 97.9 cm³/mol. The van der Waals surface area contributed by atoms with E-state index in [1.807, 2.05) is 56.0 Å². The molecule has 1 aliphatic heterocycles. The quantitative estimate of drug-likeness (QED) is 0.914. The van der Waals surface area contributed by atoms with E-state index in [0.29, 0.717) is 18.8 Å². The summed E-state index contributed by atoms with van der Waals surface area (Å²) < 4.78 is 0. The normalized spacial score (nSPS) is 15.7. The van der Waals surface area contributed by atoms with Gasteiger partial charge in [-0.2, -0.15) is 9.90 Å². The van der Waals surface area contributed by atoms with Crippen molar-refractivity contribution in [1.82, 2.24) is 25.2 Å². The van der Waals surface area contributed by atoms with E-state index >= 15 is 0 Å². The van der Waals surface area contributed by atoms with Crippen molar-refractivity contribution in [3.63, 3.8) is 0 Å². The first-order valence-corrected chi connectivity index (χ1v) is 8.92. The maximum Gasteiger partial charge on any atom is 0.273 e. The van der Waals surface area contributed by atoms with Gasteiger partial charge in [0.15, 0.2) is 5.69 Å². The van der Waals surface area contributed by atoms with Gasteiger partial charge in [-0.05, 0) is 25.0 Å². The largest absolute Gasteiger partial charge is 0.348 e. The van der Waals surface area contributed by atoms with E-state index < -0.39 is 0 Å². The lowest BCUT2D eigenvalue weighted by Crippen LogP contribution is -2.49. The van der Waals surface area contributed by atoms with Crippen molar-refractivity contribution in [1.29, 1.82) is 0 Å². The van der Waals surface area contributed by atoms with Crippen LogP contribution in [0.3, 0.4) is 0 Å². The first-order chi connectivity index (χ1) is 12.3. The molecule has 1 N–H and O–H groups in total. The average molecular weight is 355 g/mol. The molecule has 0 bridgehead atoms. The summed E-state index contributed by atoms with van der Waals surface area (Å²) >= 11 is 0. The van der Waals surface area contributed by atoms with E-state index in [-0.39, 0.29) is 23.3 Å². The Morgan fingerprint density at radius 3 is 2.38 bits per heavy atom. The molecule has 0 saturated carbocycles. The molecule has 1 aromatic heterocycles. The lowest BCUT2D eigenvalue weighted by Gasteiger charge is -2.35. The highest BCUT2D eigenvalue weighted by Crippen LogP contribution is 2.21. The summed E-state index contributed by atoms with van der Waals surface area (Å²) in [5.41, 5.74) is 0.731. The highest BCUT2D eigenvalue weighted by atomic mass is 16.2. The molecule has 1 fully saturated rings. The molecule has 3 rings (SSSR count). The fourth-order valence-electron chi connectivity index (χ4n) is 3.01. The summed E-state index contributed by atoms with van der Waals surface area (Å²) in [6.45, 7) is 7.12. The highest BCUT2D eigenvalue weighted by molar-refractivity contribution is 5.92. The second-order valence-electron chi connectivity index (χ2n) is 7.64. The summed E-state index contributed by atoms with van der Waals surface area (Å²) in [7, 11) is 0. The van der Waals surface area contributed by atoms with Crippen LogP contribution in [0.2, 0.25) is 0 Å². The number of amides is 2. The summed E-state index contributed by atoms with van der Waals surface area (Å²) in [5, 5.41) is 11.4. The lowest BCUT2D eigenvalue weighted by atomic mass is 9.93. The van der Waals surface area contributed by atoms with Crippen LogP contribution in [0.5, 0.6) is 0 Å². The van der Waals surface area contributed by atoms with Gasteiger partial charge in [-0.3, -0.25) is 9.59 Å². The molecule has 2 aromatic rings. The van der Waals surface area contributed by atoms with Crippen LogP contribution in [-0.2, 0) is 4.79 Å². The van der Waals surface area contributed by atoms with Gasteiger partial charge in [-0.15, -0.1) is 5.10 Å². The second kappa shape index (κ2) is 7.27. The number of rotatable bonds is 3. The maximum atomic E-state index is 12.4. The van der Waals surface area contributed by atoms with Crippen molar-refractivity contribution in [2.75, 3.05) is 13.1 Å². The van der Waals surface area contributed by atoms with Crippen molar-refractivity contribution >= 4 is 11.8 Å². The Morgan fingerprint density at radius 2 is 1.77 bits per heavy atom. The lowest BCUT2D eigenvalue weighted by molar-refractivity contribution is -0.140. The van der Waals surface area contributed by atoms with Crippen molar-refractivity contribution < 1.29 is 9.59 Å². The van der Waals surface area contributed by atoms with Crippen LogP contribution in [0.25, 0.3) is 5.69 Å². The SMILES string of the molecule is CC(C)(C)C(=O)N1CCC(NC(=O)c2cnn(-c3ccccc3)n2)CC1. The van der Waals surface area contributed by atoms with E-state index in [0.717, 1.165) is 18.5 Å². The molecule has 7 heteroatoms. The van der Waals surface area contributed by atoms with Gasteiger partial charge in [0.25, 0.3) is 5.91 Å². The molecule has 138 valence electrons. The maximum absolute atomic E-state index is 12.4. The number of para-hydroxylation sites is 1. The molecule has 0 spiro atoms. The molecule has 1 aromatic carbocycles. The van der Waals surface area contributed by atoms with Gasteiger partial charge in [-0.25, -0.2) is 0 Å². The van der Waals surface area contributed by atoms with Crippen LogP contribution in [0.15, 0.2) is 36.5 Å². The van der Waals surface area contributed by atoms with Gasteiger partial charge in [0.1, 0.15) is 0 Å². The van der Waals surface area contributed by atoms with Gasteiger partial charge in [-0.1, -0.05) is 39.0 Å². The van der Waals surface area contributed by atoms with Crippen molar-refractivity contribution in [2.45, 2.75) is 39.7 Å². The van der Waals surface area contributed by atoms with Gasteiger partial charge >= 0.3 is 0 Å². The molecule has 2 amide bonds. The van der Waals surface area contributed by atoms with E-state index in [4.69, 9.17) is 0 Å². The smallest absolute Gasteiger partial charge is 0.273 e. The topological polar surface area (TPSA) is 80.1 Å². The fraction of sp³-hybridized carbons (Fsp3) is 0.474. The Morgan fingerprint density at radius 1 is 1.12 bits per heavy atom. The zero-order valence-electron chi connectivity index (χ0n) is 15.5. The molecule has 1 aliphatic rings. The van der Waals surface area contributed by atoms with Gasteiger partial charge in [0.2, 0.25) is 5.91 Å². The van der Waals surface area contributed by atoms with E-state index in [1.54, 1.807) is 0 Å². The number of hydrogen-bond acceptors (Lipinski definition) is 4. The van der Waals surface area contributed by atoms with E-state index in [1.165, 1.54) is 11.0 Å². The summed E-state index contributed by atoms with van der Waals surface area (Å²) in [5.74, 6) is -0.0686. The van der Waals surface area contributed by atoms with Crippen LogP contribution in [0.1, 0.15) is 44.1 Å². The molecule has 1 saturated heterocycles. The third-order valence-corrected chi connectivity index (χ3v) is 4.47. The van der Waals surface area contributed by atoms with Gasteiger partial charge in [0, 0.05) is 24.5 Å². The molecule has 2 heterocycles. The number of carbonyl (C=O) groups excluding carboxylic acids is 2. The van der Waals surface area contributed by atoms with Gasteiger partial charge in [0.05, 0.1) is 11.9 Å². The minimum atomic E-state index is -0.369. The first kappa shape index (κ1) is 18.1. The Hall–Kier alpha value is -2.70. The molecule has 0 radical (unpaired) electrons. The number of hydrogen-bond donors (Lipinski definition) is 1. The van der Waals surface area contributed by atoms with Crippen LogP contribution >= 0.6 is 0 Å². The Kier molecular flexibility index (Phi) is 5.06. The van der Waals surface area contributed by atoms with Crippen molar-refractivity contribution in [3.8, 4) is 5.69 Å². The highest BCUT2D eigenvalue weighted by Gasteiger charge is 2.31. The van der Waals surface area contributed by atoms with E-state index in [9.17, 15) is 9.59 Å². The second-order valence-corrected chi connectivity index (χ2v) is 7.64. The Balaban J connectivity index is 1.55. The van der Waals surface area contributed by atoms with E-state index in [2.05, 4.69) is 15.5 Å². The zero-order valence-corrected chi connectivity index (χ0v) is 15.5. The van der Waals surface area contributed by atoms with Crippen LogP contribution in [-0.4, -0.2) is 50.8 Å². The number of aromatic nitrogens is 3. The monoisotopic (exact) mass is 355 g/mol. The third-order valence-electron chi connectivity index (χ3n) is 4.47. The fourth-order valence-corrected chi connectivity index (χ4v) is 3.01. The number of piperidine rings is 1. The standard InChI is InChI=1S/C19H25N5O2/c1-19(2,3)18(26)23-11-9-14(10-12-23)21-17(25)16-13-20-24(22-16)15-7-5-4-6-8-15/h4-8,13-14H,9-12H2,1-3H3,(H,21,25). The first-order valence-electron chi connectivity index (χ1n) is 8.92. The number of nitrogens with zero attached hydrogens (tertiary/aromatic N) is 4. The van der Waals surface area contributed by atoms with Gasteiger partial charge < -0.3 is 10.2 Å². The minimum Gasteiger partial charge on any atom is -0.348 e. The Labute approximate surface area is 153 Å². The molecular formula is C19H25N5O2.